The van der Waals surface area contributed by atoms with Crippen molar-refractivity contribution in [2.75, 3.05) is 0 Å². The summed E-state index contributed by atoms with van der Waals surface area (Å²) in [7, 11) is 0. The summed E-state index contributed by atoms with van der Waals surface area (Å²) in [5.74, 6) is 9.59. The fourth-order valence-corrected chi connectivity index (χ4v) is 1.79. The molecule has 0 nitrogen and oxygen atoms in total. The lowest BCUT2D eigenvalue weighted by Gasteiger charge is -2.27. The molecule has 0 aliphatic rings. The Kier molecular flexibility index (Phi) is 6.82. The van der Waals surface area contributed by atoms with E-state index < -0.39 is 0 Å². The van der Waals surface area contributed by atoms with Crippen molar-refractivity contribution in [3.05, 3.63) is 0 Å². The van der Waals surface area contributed by atoms with Gasteiger partial charge in [0.25, 0.3) is 0 Å². The summed E-state index contributed by atoms with van der Waals surface area (Å²) in [6.07, 6.45) is 0.978. The van der Waals surface area contributed by atoms with Gasteiger partial charge in [-0.3, -0.25) is 0 Å². The molecule has 0 heterocycles. The van der Waals surface area contributed by atoms with Crippen LogP contribution in [0.2, 0.25) is 11.6 Å². The van der Waals surface area contributed by atoms with E-state index in [1.165, 1.54) is 0 Å². The minimum Gasteiger partial charge on any atom is -0.155 e. The highest BCUT2D eigenvalue weighted by Crippen LogP contribution is 2.31. The Morgan fingerprint density at radius 2 is 1.27 bits per heavy atom. The first-order chi connectivity index (χ1) is 6.91. The van der Waals surface area contributed by atoms with Crippen LogP contribution in [0, 0.1) is 23.6 Å². The predicted octanol–water partition coefficient (Wildman–Crippen LogP) is 4.53. The van der Waals surface area contributed by atoms with Gasteiger partial charge in [0.15, 0.2) is 0 Å². The molecule has 0 saturated heterocycles. The molecule has 0 aliphatic carbocycles. The van der Waals surface area contributed by atoms with Crippen LogP contribution in [0.1, 0.15) is 54.9 Å². The van der Waals surface area contributed by atoms with Gasteiger partial charge in [0.2, 0.25) is 6.71 Å². The van der Waals surface area contributed by atoms with Gasteiger partial charge in [-0.1, -0.05) is 71.9 Å². The molecule has 0 fully saturated rings. The van der Waals surface area contributed by atoms with Crippen LogP contribution >= 0.6 is 0 Å². The first-order valence-electron chi connectivity index (χ1n) is 6.40. The van der Waals surface area contributed by atoms with Gasteiger partial charge in [0.1, 0.15) is 0 Å². The number of hydrogen-bond donors (Lipinski definition) is 0. The van der Waals surface area contributed by atoms with Gasteiger partial charge in [-0.25, -0.2) is 0 Å². The van der Waals surface area contributed by atoms with Crippen molar-refractivity contribution < 1.29 is 0 Å². The van der Waals surface area contributed by atoms with Crippen LogP contribution in [-0.4, -0.2) is 6.71 Å². The second kappa shape index (κ2) is 6.99. The number of hydrogen-bond acceptors (Lipinski definition) is 0. The van der Waals surface area contributed by atoms with Crippen LogP contribution in [0.3, 0.4) is 0 Å². The third-order valence-electron chi connectivity index (χ3n) is 3.68. The third-order valence-corrected chi connectivity index (χ3v) is 3.68. The normalized spacial score (nSPS) is 14.7. The molecule has 0 bridgehead atoms. The number of rotatable bonds is 4. The van der Waals surface area contributed by atoms with Crippen molar-refractivity contribution >= 4 is 6.71 Å². The summed E-state index contributed by atoms with van der Waals surface area (Å²) < 4.78 is 0. The second-order valence-electron chi connectivity index (χ2n) is 5.41. The SMILES string of the molecule is CCC#CB(C(C)C(C)C)C(C)C(C)C. The van der Waals surface area contributed by atoms with Crippen LogP contribution in [-0.2, 0) is 0 Å². The molecule has 0 saturated carbocycles. The zero-order chi connectivity index (χ0) is 12.0. The van der Waals surface area contributed by atoms with Gasteiger partial charge < -0.3 is 0 Å². The first-order valence-corrected chi connectivity index (χ1v) is 6.40. The maximum Gasteiger partial charge on any atom is 0.237 e. The molecule has 2 unspecified atom stereocenters. The van der Waals surface area contributed by atoms with Gasteiger partial charge in [-0.2, -0.15) is 5.82 Å². The lowest BCUT2D eigenvalue weighted by molar-refractivity contribution is 0.568. The smallest absolute Gasteiger partial charge is 0.155 e. The summed E-state index contributed by atoms with van der Waals surface area (Å²) in [6.45, 7) is 16.6. The van der Waals surface area contributed by atoms with Gasteiger partial charge in [0.05, 0.1) is 0 Å². The van der Waals surface area contributed by atoms with Crippen LogP contribution in [0.5, 0.6) is 0 Å². The van der Waals surface area contributed by atoms with Gasteiger partial charge >= 0.3 is 0 Å². The average molecular weight is 206 g/mol. The van der Waals surface area contributed by atoms with E-state index in [0.29, 0.717) is 18.3 Å². The molecule has 0 amide bonds. The van der Waals surface area contributed by atoms with Crippen LogP contribution in [0.4, 0.5) is 0 Å². The molecule has 0 radical (unpaired) electrons. The highest BCUT2D eigenvalue weighted by atomic mass is 14.1. The van der Waals surface area contributed by atoms with Crippen LogP contribution < -0.4 is 0 Å². The van der Waals surface area contributed by atoms with Crippen molar-refractivity contribution in [3.63, 3.8) is 0 Å². The Balaban J connectivity index is 4.72. The Labute approximate surface area is 97.3 Å². The Hall–Kier alpha value is -0.375. The first kappa shape index (κ1) is 14.6. The fourth-order valence-electron chi connectivity index (χ4n) is 1.79. The summed E-state index contributed by atoms with van der Waals surface area (Å²) in [4.78, 5) is 0. The van der Waals surface area contributed by atoms with E-state index in [-0.39, 0.29) is 0 Å². The molecule has 86 valence electrons. The van der Waals surface area contributed by atoms with E-state index in [1.54, 1.807) is 0 Å². The maximum atomic E-state index is 3.48. The predicted molar refractivity (Wildman–Crippen MR) is 72.3 cm³/mol. The standard InChI is InChI=1S/C14H27B/c1-8-9-10-15(13(6)11(2)3)14(7)12(4)5/h11-14H,8H2,1-7H3. The molecule has 0 spiro atoms. The van der Waals surface area contributed by atoms with E-state index >= 15 is 0 Å². The third kappa shape index (κ3) is 4.78. The summed E-state index contributed by atoms with van der Waals surface area (Å²) in [5.41, 5.74) is 0. The highest BCUT2D eigenvalue weighted by molar-refractivity contribution is 6.70. The molecule has 1 heteroatoms. The minimum absolute atomic E-state index is 0.560. The molecule has 0 aliphatic heterocycles. The largest absolute Gasteiger partial charge is 0.237 e. The lowest BCUT2D eigenvalue weighted by atomic mass is 9.32. The van der Waals surface area contributed by atoms with Gasteiger partial charge in [-0.05, 0) is 0 Å². The van der Waals surface area contributed by atoms with Gasteiger partial charge in [0, 0.05) is 6.42 Å². The fraction of sp³-hybridized carbons (Fsp3) is 0.857. The average Bonchev–Trinajstić information content (AvgIpc) is 2.17. The molecule has 0 rings (SSSR count). The van der Waals surface area contributed by atoms with Gasteiger partial charge in [-0.15, -0.1) is 5.92 Å². The zero-order valence-electron chi connectivity index (χ0n) is 11.6. The monoisotopic (exact) mass is 206 g/mol. The molecule has 0 aromatic heterocycles. The van der Waals surface area contributed by atoms with E-state index in [4.69, 9.17) is 0 Å². The molecule has 2 atom stereocenters. The van der Waals surface area contributed by atoms with Crippen LogP contribution in [0.15, 0.2) is 0 Å². The zero-order valence-corrected chi connectivity index (χ0v) is 11.6. The van der Waals surface area contributed by atoms with Crippen molar-refractivity contribution in [2.45, 2.75) is 66.5 Å². The Bertz CT molecular complexity index is 205. The van der Waals surface area contributed by atoms with Crippen molar-refractivity contribution in [1.82, 2.24) is 0 Å². The van der Waals surface area contributed by atoms with E-state index in [2.05, 4.69) is 60.2 Å². The molecule has 15 heavy (non-hydrogen) atoms. The summed E-state index contributed by atoms with van der Waals surface area (Å²) in [5, 5.41) is 0. The van der Waals surface area contributed by atoms with Crippen molar-refractivity contribution in [1.29, 1.82) is 0 Å². The van der Waals surface area contributed by atoms with Crippen LogP contribution in [0.25, 0.3) is 0 Å². The molecular formula is C14H27B. The minimum atomic E-state index is 0.560. The Morgan fingerprint density at radius 1 is 0.867 bits per heavy atom. The molecule has 0 aromatic rings. The highest BCUT2D eigenvalue weighted by Gasteiger charge is 2.30. The lowest BCUT2D eigenvalue weighted by Crippen LogP contribution is -2.28. The van der Waals surface area contributed by atoms with E-state index in [1.807, 2.05) is 0 Å². The topological polar surface area (TPSA) is 0 Å². The quantitative estimate of drug-likeness (QED) is 0.468. The molecule has 0 N–H and O–H groups in total. The van der Waals surface area contributed by atoms with Crippen molar-refractivity contribution in [3.8, 4) is 11.7 Å². The Morgan fingerprint density at radius 3 is 1.53 bits per heavy atom. The summed E-state index contributed by atoms with van der Waals surface area (Å²) >= 11 is 0. The van der Waals surface area contributed by atoms with E-state index in [9.17, 15) is 0 Å². The van der Waals surface area contributed by atoms with E-state index in [0.717, 1.165) is 18.3 Å². The molecule has 0 aromatic carbocycles. The molecular weight excluding hydrogens is 179 g/mol. The van der Waals surface area contributed by atoms with Crippen molar-refractivity contribution in [2.24, 2.45) is 11.8 Å². The summed E-state index contributed by atoms with van der Waals surface area (Å²) in [6, 6.07) is 0. The second-order valence-corrected chi connectivity index (χ2v) is 5.41. The maximum absolute atomic E-state index is 3.48.